The lowest BCUT2D eigenvalue weighted by atomic mass is 10.0. The van der Waals surface area contributed by atoms with Crippen LogP contribution in [0.4, 0.5) is 4.39 Å². The summed E-state index contributed by atoms with van der Waals surface area (Å²) in [4.78, 5) is 33.8. The molecule has 180 valence electrons. The minimum Gasteiger partial charge on any atom is -0.496 e. The molecule has 36 heavy (non-hydrogen) atoms. The first-order chi connectivity index (χ1) is 17.4. The van der Waals surface area contributed by atoms with Crippen molar-refractivity contribution < 1.29 is 13.9 Å². The van der Waals surface area contributed by atoms with Crippen LogP contribution in [0.25, 0.3) is 49.9 Å². The first-order valence-corrected chi connectivity index (χ1v) is 11.0. The van der Waals surface area contributed by atoms with Crippen LogP contribution in [0.15, 0.2) is 47.8 Å². The molecule has 0 aliphatic rings. The predicted octanol–water partition coefficient (Wildman–Crippen LogP) is 3.68. The lowest BCUT2D eigenvalue weighted by molar-refractivity contribution is 0.406. The maximum absolute atomic E-state index is 15.1. The smallest absolute Gasteiger partial charge is 0.333 e. The Morgan fingerprint density at radius 2 is 1.81 bits per heavy atom. The van der Waals surface area contributed by atoms with Gasteiger partial charge in [0.2, 0.25) is 0 Å². The lowest BCUT2D eigenvalue weighted by Gasteiger charge is -2.13. The van der Waals surface area contributed by atoms with Crippen LogP contribution in [0.3, 0.4) is 0 Å². The number of aromatic amines is 1. The summed E-state index contributed by atoms with van der Waals surface area (Å²) in [5.41, 5.74) is 4.00. The van der Waals surface area contributed by atoms with Crippen molar-refractivity contribution in [2.24, 2.45) is 7.05 Å². The lowest BCUT2D eigenvalue weighted by Crippen LogP contribution is -2.22. The summed E-state index contributed by atoms with van der Waals surface area (Å²) in [6.45, 7) is 1.86. The van der Waals surface area contributed by atoms with E-state index in [2.05, 4.69) is 24.9 Å². The third-order valence-electron chi connectivity index (χ3n) is 6.25. The number of halogens is 1. The number of fused-ring (bicyclic) bond motifs is 4. The summed E-state index contributed by atoms with van der Waals surface area (Å²) in [5, 5.41) is 0.625. The van der Waals surface area contributed by atoms with Gasteiger partial charge in [0.15, 0.2) is 17.2 Å². The molecular formula is C25H20FN7O3. The van der Waals surface area contributed by atoms with E-state index in [1.54, 1.807) is 32.6 Å². The molecule has 0 atom stereocenters. The van der Waals surface area contributed by atoms with Gasteiger partial charge in [-0.2, -0.15) is 0 Å². The molecular weight excluding hydrogens is 465 g/mol. The number of H-pyrrole nitrogens is 1. The summed E-state index contributed by atoms with van der Waals surface area (Å²) in [7, 11) is 4.59. The highest BCUT2D eigenvalue weighted by Crippen LogP contribution is 2.37. The zero-order chi connectivity index (χ0) is 25.1. The number of benzene rings is 1. The Morgan fingerprint density at radius 3 is 2.58 bits per heavy atom. The molecule has 11 heteroatoms. The second kappa shape index (κ2) is 7.87. The van der Waals surface area contributed by atoms with Gasteiger partial charge in [0.25, 0.3) is 0 Å². The van der Waals surface area contributed by atoms with E-state index in [9.17, 15) is 4.79 Å². The minimum atomic E-state index is -0.688. The number of hydrogen-bond acceptors (Lipinski definition) is 7. The molecule has 0 fully saturated rings. The van der Waals surface area contributed by atoms with E-state index in [1.807, 2.05) is 19.1 Å². The SMILES string of the molecule is COc1cc2ncc3c(c2cc1-c1cnc2nc(C)[nH]c2c1)n(-c1c(F)cncc1OC)c(=O)n3C. The molecule has 10 nitrogen and oxygen atoms in total. The van der Waals surface area contributed by atoms with Crippen molar-refractivity contribution in [3.8, 4) is 28.3 Å². The van der Waals surface area contributed by atoms with Gasteiger partial charge in [0, 0.05) is 35.8 Å². The molecule has 0 aliphatic carbocycles. The third-order valence-corrected chi connectivity index (χ3v) is 6.25. The van der Waals surface area contributed by atoms with E-state index in [0.29, 0.717) is 33.3 Å². The Labute approximate surface area is 203 Å². The summed E-state index contributed by atoms with van der Waals surface area (Å²) in [6, 6.07) is 5.59. The normalized spacial score (nSPS) is 11.6. The Bertz CT molecular complexity index is 1890. The summed E-state index contributed by atoms with van der Waals surface area (Å²) in [6.07, 6.45) is 5.72. The van der Waals surface area contributed by atoms with E-state index in [4.69, 9.17) is 9.47 Å². The van der Waals surface area contributed by atoms with Crippen LogP contribution in [0.2, 0.25) is 0 Å². The van der Waals surface area contributed by atoms with Gasteiger partial charge in [-0.3, -0.25) is 19.1 Å². The van der Waals surface area contributed by atoms with Crippen molar-refractivity contribution >= 4 is 33.1 Å². The maximum atomic E-state index is 15.1. The van der Waals surface area contributed by atoms with Crippen LogP contribution in [0, 0.1) is 12.7 Å². The molecule has 0 unspecified atom stereocenters. The number of imidazole rings is 2. The molecule has 1 aromatic carbocycles. The zero-order valence-electron chi connectivity index (χ0n) is 19.8. The van der Waals surface area contributed by atoms with E-state index < -0.39 is 11.5 Å². The Hall–Kier alpha value is -4.80. The molecule has 6 rings (SSSR count). The van der Waals surface area contributed by atoms with Crippen molar-refractivity contribution in [1.82, 2.24) is 34.1 Å². The molecule has 5 aromatic heterocycles. The zero-order valence-corrected chi connectivity index (χ0v) is 19.8. The highest BCUT2D eigenvalue weighted by molar-refractivity contribution is 6.06. The average Bonchev–Trinajstić information content (AvgIpc) is 3.38. The Kier molecular flexibility index (Phi) is 4.75. The molecule has 5 heterocycles. The van der Waals surface area contributed by atoms with Gasteiger partial charge >= 0.3 is 5.69 Å². The topological polar surface area (TPSA) is 113 Å². The second-order valence-corrected chi connectivity index (χ2v) is 8.33. The molecule has 6 aromatic rings. The van der Waals surface area contributed by atoms with Crippen LogP contribution in [0.1, 0.15) is 5.82 Å². The van der Waals surface area contributed by atoms with Crippen molar-refractivity contribution in [2.75, 3.05) is 14.2 Å². The summed E-state index contributed by atoms with van der Waals surface area (Å²) >= 11 is 0. The van der Waals surface area contributed by atoms with Crippen molar-refractivity contribution in [2.45, 2.75) is 6.92 Å². The van der Waals surface area contributed by atoms with E-state index >= 15 is 4.39 Å². The molecule has 0 aliphatic heterocycles. The molecule has 0 amide bonds. The summed E-state index contributed by atoms with van der Waals surface area (Å²) < 4.78 is 28.8. The van der Waals surface area contributed by atoms with Crippen LogP contribution in [0.5, 0.6) is 11.5 Å². The van der Waals surface area contributed by atoms with Gasteiger partial charge < -0.3 is 14.5 Å². The van der Waals surface area contributed by atoms with E-state index in [1.165, 1.54) is 22.4 Å². The Balaban J connectivity index is 1.73. The van der Waals surface area contributed by atoms with Crippen LogP contribution < -0.4 is 15.2 Å². The number of methoxy groups -OCH3 is 2. The van der Waals surface area contributed by atoms with Crippen LogP contribution in [-0.4, -0.2) is 48.3 Å². The number of nitrogens with zero attached hydrogens (tertiary/aromatic N) is 6. The molecule has 0 saturated carbocycles. The largest absolute Gasteiger partial charge is 0.496 e. The van der Waals surface area contributed by atoms with Crippen molar-refractivity contribution in [3.63, 3.8) is 0 Å². The van der Waals surface area contributed by atoms with E-state index in [-0.39, 0.29) is 11.4 Å². The standard InChI is InChI=1S/C25H20FN7O3/c1-12-30-18-5-13(8-29-24(18)31-12)14-6-15-17(7-20(14)35-3)28-10-19-22(15)33(25(34)32(19)2)23-16(26)9-27-11-21(23)36-4/h5-11H,1-4H3,(H,29,30,31). The van der Waals surface area contributed by atoms with Crippen molar-refractivity contribution in [3.05, 3.63) is 65.1 Å². The number of pyridine rings is 3. The number of rotatable bonds is 4. The van der Waals surface area contributed by atoms with Crippen LogP contribution in [-0.2, 0) is 7.05 Å². The first-order valence-electron chi connectivity index (χ1n) is 11.0. The molecule has 0 saturated heterocycles. The first kappa shape index (κ1) is 21.7. The second-order valence-electron chi connectivity index (χ2n) is 8.33. The van der Waals surface area contributed by atoms with Gasteiger partial charge in [-0.15, -0.1) is 0 Å². The number of ether oxygens (including phenoxy) is 2. The fourth-order valence-corrected chi connectivity index (χ4v) is 4.57. The fourth-order valence-electron chi connectivity index (χ4n) is 4.57. The quantitative estimate of drug-likeness (QED) is 0.405. The van der Waals surface area contributed by atoms with E-state index in [0.717, 1.165) is 28.7 Å². The number of hydrogen-bond donors (Lipinski definition) is 1. The van der Waals surface area contributed by atoms with Gasteiger partial charge in [0.1, 0.15) is 17.3 Å². The summed E-state index contributed by atoms with van der Waals surface area (Å²) in [5.74, 6) is 0.774. The molecule has 0 spiro atoms. The number of aromatic nitrogens is 7. The fraction of sp³-hybridized carbons (Fsp3) is 0.160. The number of nitrogens with one attached hydrogen (secondary N) is 1. The molecule has 0 bridgehead atoms. The predicted molar refractivity (Wildman–Crippen MR) is 132 cm³/mol. The Morgan fingerprint density at radius 1 is 1.00 bits per heavy atom. The molecule has 1 N–H and O–H groups in total. The van der Waals surface area contributed by atoms with Crippen molar-refractivity contribution in [1.29, 1.82) is 0 Å². The van der Waals surface area contributed by atoms with Gasteiger partial charge in [0.05, 0.1) is 54.9 Å². The third kappa shape index (κ3) is 3.05. The van der Waals surface area contributed by atoms with Gasteiger partial charge in [-0.25, -0.2) is 19.2 Å². The van der Waals surface area contributed by atoms with Gasteiger partial charge in [-0.05, 0) is 19.1 Å². The minimum absolute atomic E-state index is 0.0241. The maximum Gasteiger partial charge on any atom is 0.333 e. The van der Waals surface area contributed by atoms with Crippen LogP contribution >= 0.6 is 0 Å². The number of aryl methyl sites for hydroxylation is 2. The highest BCUT2D eigenvalue weighted by atomic mass is 19.1. The highest BCUT2D eigenvalue weighted by Gasteiger charge is 2.23. The molecule has 0 radical (unpaired) electrons. The van der Waals surface area contributed by atoms with Gasteiger partial charge in [-0.1, -0.05) is 0 Å². The monoisotopic (exact) mass is 485 g/mol. The average molecular weight is 485 g/mol.